The van der Waals surface area contributed by atoms with Gasteiger partial charge in [-0.2, -0.15) is 5.26 Å². The average Bonchev–Trinajstić information content (AvgIpc) is 2.47. The number of halogens is 1. The quantitative estimate of drug-likeness (QED) is 0.859. The lowest BCUT2D eigenvalue weighted by atomic mass is 10.0. The SMILES string of the molecule is C[C@H](NC(CC#N)c1ccccc1)c1cccc(Br)c1. The molecule has 0 fully saturated rings. The van der Waals surface area contributed by atoms with Crippen molar-refractivity contribution >= 4 is 15.9 Å². The van der Waals surface area contributed by atoms with E-state index in [1.54, 1.807) is 0 Å². The van der Waals surface area contributed by atoms with E-state index in [9.17, 15) is 0 Å². The first-order valence-corrected chi connectivity index (χ1v) is 7.43. The number of rotatable bonds is 5. The lowest BCUT2D eigenvalue weighted by Gasteiger charge is -2.22. The van der Waals surface area contributed by atoms with Crippen LogP contribution < -0.4 is 5.32 Å². The fourth-order valence-electron chi connectivity index (χ4n) is 2.22. The maximum absolute atomic E-state index is 9.03. The van der Waals surface area contributed by atoms with Gasteiger partial charge >= 0.3 is 0 Å². The summed E-state index contributed by atoms with van der Waals surface area (Å²) in [4.78, 5) is 0. The van der Waals surface area contributed by atoms with Crippen molar-refractivity contribution in [2.24, 2.45) is 0 Å². The van der Waals surface area contributed by atoms with E-state index in [2.05, 4.69) is 58.5 Å². The molecule has 0 saturated heterocycles. The van der Waals surface area contributed by atoms with E-state index in [0.29, 0.717) is 6.42 Å². The predicted octanol–water partition coefficient (Wildman–Crippen LogP) is 4.75. The smallest absolute Gasteiger partial charge is 0.0641 e. The summed E-state index contributed by atoms with van der Waals surface area (Å²) in [6.07, 6.45) is 0.461. The molecule has 0 saturated carbocycles. The second-order valence-corrected chi connectivity index (χ2v) is 5.68. The highest BCUT2D eigenvalue weighted by Gasteiger charge is 2.15. The molecule has 2 atom stereocenters. The van der Waals surface area contributed by atoms with Crippen LogP contribution in [0, 0.1) is 11.3 Å². The summed E-state index contributed by atoms with van der Waals surface area (Å²) in [7, 11) is 0. The van der Waals surface area contributed by atoms with Crippen LogP contribution >= 0.6 is 15.9 Å². The van der Waals surface area contributed by atoms with Gasteiger partial charge in [0.2, 0.25) is 0 Å². The first-order valence-electron chi connectivity index (χ1n) is 6.64. The Morgan fingerprint density at radius 2 is 1.80 bits per heavy atom. The fourth-order valence-corrected chi connectivity index (χ4v) is 2.64. The molecule has 2 nitrogen and oxygen atoms in total. The van der Waals surface area contributed by atoms with Crippen molar-refractivity contribution in [3.63, 3.8) is 0 Å². The topological polar surface area (TPSA) is 35.8 Å². The van der Waals surface area contributed by atoms with Crippen LogP contribution in [-0.2, 0) is 0 Å². The standard InChI is InChI=1S/C17H17BrN2/c1-13(15-8-5-9-16(18)12-15)20-17(10-11-19)14-6-3-2-4-7-14/h2-9,12-13,17,20H,10H2,1H3/t13-,17?/m0/s1. The van der Waals surface area contributed by atoms with Crippen molar-refractivity contribution in [2.45, 2.75) is 25.4 Å². The Bertz CT molecular complexity index is 589. The highest BCUT2D eigenvalue weighted by molar-refractivity contribution is 9.10. The van der Waals surface area contributed by atoms with Crippen molar-refractivity contribution in [3.8, 4) is 6.07 Å². The molecule has 0 radical (unpaired) electrons. The molecule has 1 N–H and O–H groups in total. The van der Waals surface area contributed by atoms with Gasteiger partial charge in [-0.15, -0.1) is 0 Å². The molecule has 2 rings (SSSR count). The molecule has 0 aliphatic rings. The van der Waals surface area contributed by atoms with Crippen molar-refractivity contribution in [1.29, 1.82) is 5.26 Å². The van der Waals surface area contributed by atoms with Crippen LogP contribution in [0.15, 0.2) is 59.1 Å². The molecule has 3 heteroatoms. The van der Waals surface area contributed by atoms with Gasteiger partial charge in [-0.1, -0.05) is 58.4 Å². The summed E-state index contributed by atoms with van der Waals surface area (Å²) in [5.74, 6) is 0. The largest absolute Gasteiger partial charge is 0.302 e. The van der Waals surface area contributed by atoms with Crippen molar-refractivity contribution in [2.75, 3.05) is 0 Å². The Labute approximate surface area is 128 Å². The van der Waals surface area contributed by atoms with E-state index in [4.69, 9.17) is 5.26 Å². The Morgan fingerprint density at radius 1 is 1.10 bits per heavy atom. The number of hydrogen-bond acceptors (Lipinski definition) is 2. The summed E-state index contributed by atoms with van der Waals surface area (Å²) >= 11 is 3.49. The van der Waals surface area contributed by atoms with E-state index >= 15 is 0 Å². The molecular formula is C17H17BrN2. The summed E-state index contributed by atoms with van der Waals surface area (Å²) in [5, 5.41) is 12.6. The number of hydrogen-bond donors (Lipinski definition) is 1. The van der Waals surface area contributed by atoms with Gasteiger partial charge in [-0.3, -0.25) is 0 Å². The minimum atomic E-state index is 0.0511. The van der Waals surface area contributed by atoms with Gasteiger partial charge in [0, 0.05) is 16.6 Å². The lowest BCUT2D eigenvalue weighted by molar-refractivity contribution is 0.472. The first kappa shape index (κ1) is 14.8. The zero-order chi connectivity index (χ0) is 14.4. The molecule has 0 spiro atoms. The Morgan fingerprint density at radius 3 is 2.45 bits per heavy atom. The molecular weight excluding hydrogens is 312 g/mol. The van der Waals surface area contributed by atoms with Crippen molar-refractivity contribution in [1.82, 2.24) is 5.32 Å². The normalized spacial score (nSPS) is 13.4. The first-order chi connectivity index (χ1) is 9.70. The lowest BCUT2D eigenvalue weighted by Crippen LogP contribution is -2.24. The molecule has 0 aliphatic carbocycles. The Hall–Kier alpha value is -1.63. The maximum atomic E-state index is 9.03. The van der Waals surface area contributed by atoms with Crippen LogP contribution in [0.25, 0.3) is 0 Å². The molecule has 0 bridgehead atoms. The highest BCUT2D eigenvalue weighted by atomic mass is 79.9. The average molecular weight is 329 g/mol. The van der Waals surface area contributed by atoms with Gasteiger partial charge in [0.15, 0.2) is 0 Å². The van der Waals surface area contributed by atoms with E-state index in [1.165, 1.54) is 5.56 Å². The van der Waals surface area contributed by atoms with E-state index in [-0.39, 0.29) is 12.1 Å². The van der Waals surface area contributed by atoms with Crippen LogP contribution in [0.4, 0.5) is 0 Å². The molecule has 1 unspecified atom stereocenters. The second-order valence-electron chi connectivity index (χ2n) is 4.77. The van der Waals surface area contributed by atoms with Crippen LogP contribution in [0.3, 0.4) is 0 Å². The summed E-state index contributed by atoms with van der Waals surface area (Å²) in [6, 6.07) is 20.9. The van der Waals surface area contributed by atoms with E-state index in [1.807, 2.05) is 30.3 Å². The molecule has 20 heavy (non-hydrogen) atoms. The van der Waals surface area contributed by atoms with Crippen LogP contribution in [-0.4, -0.2) is 0 Å². The van der Waals surface area contributed by atoms with Crippen LogP contribution in [0.2, 0.25) is 0 Å². The number of nitrogens with one attached hydrogen (secondary N) is 1. The van der Waals surface area contributed by atoms with Crippen LogP contribution in [0.1, 0.15) is 36.6 Å². The van der Waals surface area contributed by atoms with Crippen molar-refractivity contribution < 1.29 is 0 Å². The zero-order valence-electron chi connectivity index (χ0n) is 11.4. The molecule has 0 aliphatic heterocycles. The van der Waals surface area contributed by atoms with Gasteiger partial charge in [-0.05, 0) is 30.2 Å². The number of nitrogens with zero attached hydrogens (tertiary/aromatic N) is 1. The number of nitriles is 1. The van der Waals surface area contributed by atoms with E-state index in [0.717, 1.165) is 10.0 Å². The van der Waals surface area contributed by atoms with Crippen LogP contribution in [0.5, 0.6) is 0 Å². The monoisotopic (exact) mass is 328 g/mol. The van der Waals surface area contributed by atoms with E-state index < -0.39 is 0 Å². The third-order valence-electron chi connectivity index (χ3n) is 3.30. The van der Waals surface area contributed by atoms with Gasteiger partial charge < -0.3 is 5.32 Å². The molecule has 0 amide bonds. The predicted molar refractivity (Wildman–Crippen MR) is 85.1 cm³/mol. The zero-order valence-corrected chi connectivity index (χ0v) is 13.0. The summed E-state index contributed by atoms with van der Waals surface area (Å²) < 4.78 is 1.07. The minimum absolute atomic E-state index is 0.0511. The maximum Gasteiger partial charge on any atom is 0.0641 e. The second kappa shape index (κ2) is 7.23. The molecule has 0 aromatic heterocycles. The van der Waals surface area contributed by atoms with Gasteiger partial charge in [0.05, 0.1) is 12.5 Å². The fraction of sp³-hybridized carbons (Fsp3) is 0.235. The summed E-state index contributed by atoms with van der Waals surface area (Å²) in [5.41, 5.74) is 2.36. The summed E-state index contributed by atoms with van der Waals surface area (Å²) in [6.45, 7) is 2.12. The molecule has 2 aromatic rings. The Balaban J connectivity index is 2.14. The van der Waals surface area contributed by atoms with Gasteiger partial charge in [0.25, 0.3) is 0 Å². The number of benzene rings is 2. The third-order valence-corrected chi connectivity index (χ3v) is 3.79. The molecule has 0 heterocycles. The van der Waals surface area contributed by atoms with Crippen molar-refractivity contribution in [3.05, 3.63) is 70.2 Å². The van der Waals surface area contributed by atoms with Gasteiger partial charge in [0.1, 0.15) is 0 Å². The Kier molecular flexibility index (Phi) is 5.34. The highest BCUT2D eigenvalue weighted by Crippen LogP contribution is 2.23. The minimum Gasteiger partial charge on any atom is -0.302 e. The third kappa shape index (κ3) is 3.93. The molecule has 2 aromatic carbocycles. The molecule has 102 valence electrons. The van der Waals surface area contributed by atoms with Gasteiger partial charge in [-0.25, -0.2) is 0 Å².